The Hall–Kier alpha value is -2.78. The van der Waals surface area contributed by atoms with Crippen LogP contribution >= 0.6 is 11.3 Å². The van der Waals surface area contributed by atoms with Gasteiger partial charge in [0.05, 0.1) is 11.4 Å². The lowest BCUT2D eigenvalue weighted by Crippen LogP contribution is -2.23. The lowest BCUT2D eigenvalue weighted by atomic mass is 10.1. The number of benzene rings is 2. The van der Waals surface area contributed by atoms with Gasteiger partial charge in [-0.25, -0.2) is 8.42 Å². The third-order valence-electron chi connectivity index (χ3n) is 4.32. The molecule has 0 bridgehead atoms. The maximum absolute atomic E-state index is 12.5. The molecule has 0 saturated heterocycles. The molecule has 3 aromatic rings. The largest absolute Gasteiger partial charge is 0.322 e. The van der Waals surface area contributed by atoms with Gasteiger partial charge in [0.2, 0.25) is 5.13 Å². The molecule has 0 radical (unpaired) electrons. The molecule has 0 fully saturated rings. The van der Waals surface area contributed by atoms with E-state index < -0.39 is 10.0 Å². The van der Waals surface area contributed by atoms with Gasteiger partial charge >= 0.3 is 0 Å². The predicted octanol–water partition coefficient (Wildman–Crippen LogP) is 3.25. The zero-order valence-corrected chi connectivity index (χ0v) is 16.1. The van der Waals surface area contributed by atoms with E-state index in [9.17, 15) is 8.42 Å². The van der Waals surface area contributed by atoms with Crippen molar-refractivity contribution in [2.75, 3.05) is 9.62 Å². The predicted molar refractivity (Wildman–Crippen MR) is 106 cm³/mol. The van der Waals surface area contributed by atoms with Gasteiger partial charge in [-0.15, -0.1) is 10.2 Å². The minimum Gasteiger partial charge on any atom is -0.322 e. The molecular formula is C18H17N5O2S2. The molecule has 2 heterocycles. The Morgan fingerprint density at radius 3 is 2.56 bits per heavy atom. The highest BCUT2D eigenvalue weighted by atomic mass is 32.2. The number of rotatable bonds is 5. The number of nitrogens with one attached hydrogen (secondary N) is 2. The Kier molecular flexibility index (Phi) is 4.40. The van der Waals surface area contributed by atoms with Crippen LogP contribution < -0.4 is 9.62 Å². The summed E-state index contributed by atoms with van der Waals surface area (Å²) in [5.41, 5.74) is 2.77. The normalized spacial score (nSPS) is 13.7. The quantitative estimate of drug-likeness (QED) is 0.686. The molecule has 0 atom stereocenters. The van der Waals surface area contributed by atoms with Crippen molar-refractivity contribution in [3.8, 4) is 0 Å². The van der Waals surface area contributed by atoms with Gasteiger partial charge in [0.25, 0.3) is 10.0 Å². The Morgan fingerprint density at radius 2 is 1.89 bits per heavy atom. The molecule has 1 aliphatic heterocycles. The van der Waals surface area contributed by atoms with Gasteiger partial charge in [0, 0.05) is 11.3 Å². The van der Waals surface area contributed by atoms with Crippen molar-refractivity contribution in [2.45, 2.75) is 24.8 Å². The number of hydrogen-bond acceptors (Lipinski definition) is 6. The number of aryl methyl sites for hydroxylation is 1. The first-order valence-corrected chi connectivity index (χ1v) is 10.7. The fraction of sp³-hybridized carbons (Fsp3) is 0.167. The van der Waals surface area contributed by atoms with E-state index in [0.29, 0.717) is 18.8 Å². The summed E-state index contributed by atoms with van der Waals surface area (Å²) in [7, 11) is -3.73. The molecule has 0 spiro atoms. The second-order valence-electron chi connectivity index (χ2n) is 6.05. The van der Waals surface area contributed by atoms with Crippen molar-refractivity contribution < 1.29 is 8.42 Å². The third kappa shape index (κ3) is 3.31. The average molecular weight is 400 g/mol. The fourth-order valence-electron chi connectivity index (χ4n) is 2.92. The van der Waals surface area contributed by atoms with Gasteiger partial charge in [-0.1, -0.05) is 42.5 Å². The van der Waals surface area contributed by atoms with E-state index in [0.717, 1.165) is 21.8 Å². The maximum atomic E-state index is 12.5. The summed E-state index contributed by atoms with van der Waals surface area (Å²) < 4.78 is 27.6. The number of hydrogen-bond donors (Lipinski definition) is 2. The van der Waals surface area contributed by atoms with Crippen LogP contribution in [0.15, 0.2) is 53.4 Å². The fourth-order valence-corrected chi connectivity index (χ4v) is 4.83. The monoisotopic (exact) mass is 399 g/mol. The maximum Gasteiger partial charge on any atom is 0.263 e. The first kappa shape index (κ1) is 17.6. The lowest BCUT2D eigenvalue weighted by molar-refractivity contribution is 0.601. The summed E-state index contributed by atoms with van der Waals surface area (Å²) in [5.74, 6) is 0.417. The van der Waals surface area contributed by atoms with Gasteiger partial charge in [-0.05, 0) is 36.2 Å². The minimum atomic E-state index is -3.73. The second kappa shape index (κ2) is 6.75. The molecule has 0 saturated carbocycles. The van der Waals surface area contributed by atoms with E-state index in [4.69, 9.17) is 5.41 Å². The number of nitrogens with zero attached hydrogens (tertiary/aromatic N) is 3. The van der Waals surface area contributed by atoms with Crippen LogP contribution in [0.2, 0.25) is 0 Å². The number of sulfonamides is 1. The van der Waals surface area contributed by atoms with Crippen LogP contribution in [-0.2, 0) is 23.0 Å². The Morgan fingerprint density at radius 1 is 1.15 bits per heavy atom. The molecule has 7 nitrogen and oxygen atoms in total. The smallest absolute Gasteiger partial charge is 0.263 e. The third-order valence-corrected chi connectivity index (χ3v) is 6.79. The van der Waals surface area contributed by atoms with Crippen LogP contribution in [0, 0.1) is 5.41 Å². The molecule has 1 aliphatic rings. The number of anilines is 2. The van der Waals surface area contributed by atoms with Gasteiger partial charge in [-0.2, -0.15) is 0 Å². The number of amidine groups is 1. The molecule has 27 heavy (non-hydrogen) atoms. The lowest BCUT2D eigenvalue weighted by Gasteiger charge is -2.18. The topological polar surface area (TPSA) is 99.0 Å². The molecule has 138 valence electrons. The van der Waals surface area contributed by atoms with Crippen molar-refractivity contribution in [3.63, 3.8) is 0 Å². The van der Waals surface area contributed by atoms with Gasteiger partial charge < -0.3 is 4.90 Å². The summed E-state index contributed by atoms with van der Waals surface area (Å²) >= 11 is 1.22. The molecule has 2 aromatic carbocycles. The molecule has 4 rings (SSSR count). The van der Waals surface area contributed by atoms with Crippen LogP contribution in [0.4, 0.5) is 10.8 Å². The van der Waals surface area contributed by atoms with E-state index in [2.05, 4.69) is 14.9 Å². The highest BCUT2D eigenvalue weighted by Crippen LogP contribution is 2.29. The van der Waals surface area contributed by atoms with E-state index >= 15 is 0 Å². The summed E-state index contributed by atoms with van der Waals surface area (Å²) in [6.07, 6.45) is 0.707. The Bertz CT molecular complexity index is 1110. The molecule has 9 heteroatoms. The molecule has 1 aromatic heterocycles. The van der Waals surface area contributed by atoms with Crippen LogP contribution in [-0.4, -0.2) is 24.5 Å². The van der Waals surface area contributed by atoms with Crippen molar-refractivity contribution in [3.05, 3.63) is 64.7 Å². The molecular weight excluding hydrogens is 382 g/mol. The standard InChI is InChI=1S/C18H17N5O2S2/c1-2-16-20-21-18(26-16)22-27(24,25)14-9-7-13(8-10-14)23-11-12-5-3-4-6-15(12)17(23)19/h3-10,19H,2,11H2,1H3,(H,21,22). The van der Waals surface area contributed by atoms with Crippen LogP contribution in [0.25, 0.3) is 0 Å². The first-order valence-electron chi connectivity index (χ1n) is 8.37. The van der Waals surface area contributed by atoms with Crippen LogP contribution in [0.3, 0.4) is 0 Å². The van der Waals surface area contributed by atoms with E-state index in [1.807, 2.05) is 36.1 Å². The van der Waals surface area contributed by atoms with E-state index in [-0.39, 0.29) is 10.0 Å². The molecule has 0 unspecified atom stereocenters. The van der Waals surface area contributed by atoms with Crippen molar-refractivity contribution in [2.24, 2.45) is 0 Å². The van der Waals surface area contributed by atoms with Gasteiger partial charge in [0.15, 0.2) is 0 Å². The van der Waals surface area contributed by atoms with Crippen molar-refractivity contribution in [1.29, 1.82) is 5.41 Å². The van der Waals surface area contributed by atoms with E-state index in [1.54, 1.807) is 12.1 Å². The van der Waals surface area contributed by atoms with Crippen LogP contribution in [0.5, 0.6) is 0 Å². The van der Waals surface area contributed by atoms with Crippen molar-refractivity contribution >= 4 is 38.0 Å². The minimum absolute atomic E-state index is 0.141. The summed E-state index contributed by atoms with van der Waals surface area (Å²) in [6, 6.07) is 14.3. The Balaban J connectivity index is 1.55. The van der Waals surface area contributed by atoms with Gasteiger partial charge in [0.1, 0.15) is 10.8 Å². The molecule has 2 N–H and O–H groups in total. The second-order valence-corrected chi connectivity index (χ2v) is 8.79. The van der Waals surface area contributed by atoms with E-state index in [1.165, 1.54) is 23.5 Å². The highest BCUT2D eigenvalue weighted by molar-refractivity contribution is 7.93. The van der Waals surface area contributed by atoms with Crippen LogP contribution in [0.1, 0.15) is 23.1 Å². The highest BCUT2D eigenvalue weighted by Gasteiger charge is 2.25. The zero-order chi connectivity index (χ0) is 19.0. The average Bonchev–Trinajstić information content (AvgIpc) is 3.26. The zero-order valence-electron chi connectivity index (χ0n) is 14.5. The number of fused-ring (bicyclic) bond motifs is 1. The SMILES string of the molecule is CCc1nnc(NS(=O)(=O)c2ccc(N3Cc4ccccc4C3=N)cc2)s1. The van der Waals surface area contributed by atoms with Crippen molar-refractivity contribution in [1.82, 2.24) is 10.2 Å². The molecule has 0 aliphatic carbocycles. The molecule has 0 amide bonds. The summed E-state index contributed by atoms with van der Waals surface area (Å²) in [6.45, 7) is 2.54. The summed E-state index contributed by atoms with van der Waals surface area (Å²) in [4.78, 5) is 2.00. The number of aromatic nitrogens is 2. The first-order chi connectivity index (χ1) is 13.0. The van der Waals surface area contributed by atoms with Gasteiger partial charge in [-0.3, -0.25) is 10.1 Å². The Labute approximate surface area is 161 Å². The summed E-state index contributed by atoms with van der Waals surface area (Å²) in [5, 5.41) is 17.2.